The van der Waals surface area contributed by atoms with Crippen LogP contribution < -0.4 is 5.32 Å². The number of aromatic amines is 1. The Labute approximate surface area is 180 Å². The smallest absolute Gasteiger partial charge is 0.286 e. The van der Waals surface area contributed by atoms with Gasteiger partial charge in [0.1, 0.15) is 16.5 Å². The lowest BCUT2D eigenvalue weighted by Gasteiger charge is -2.22. The Morgan fingerprint density at radius 3 is 2.84 bits per heavy atom. The van der Waals surface area contributed by atoms with Crippen molar-refractivity contribution < 1.29 is 14.0 Å². The highest BCUT2D eigenvalue weighted by Crippen LogP contribution is 2.35. The number of benzene rings is 2. The number of para-hydroxylation sites is 1. The third-order valence-electron chi connectivity index (χ3n) is 5.28. The number of rotatable bonds is 4. The number of H-pyrrole nitrogens is 1. The number of amides is 2. The molecule has 0 aliphatic carbocycles. The van der Waals surface area contributed by atoms with Gasteiger partial charge in [0, 0.05) is 23.1 Å². The van der Waals surface area contributed by atoms with E-state index in [2.05, 4.69) is 20.5 Å². The lowest BCUT2D eigenvalue weighted by atomic mass is 10.2. The van der Waals surface area contributed by atoms with E-state index in [9.17, 15) is 14.0 Å². The molecule has 4 aromatic rings. The third kappa shape index (κ3) is 3.79. The summed E-state index contributed by atoms with van der Waals surface area (Å²) in [6, 6.07) is 15.0. The van der Waals surface area contributed by atoms with Crippen LogP contribution in [0.5, 0.6) is 0 Å². The molecule has 156 valence electrons. The molecule has 2 N–H and O–H groups in total. The van der Waals surface area contributed by atoms with Gasteiger partial charge in [0.05, 0.1) is 6.04 Å². The Hall–Kier alpha value is -3.59. The van der Waals surface area contributed by atoms with E-state index in [-0.39, 0.29) is 17.0 Å². The number of hydrogen-bond acceptors (Lipinski definition) is 5. The van der Waals surface area contributed by atoms with E-state index >= 15 is 0 Å². The molecule has 5 rings (SSSR count). The van der Waals surface area contributed by atoms with Crippen molar-refractivity contribution in [3.05, 3.63) is 76.1 Å². The molecule has 0 spiro atoms. The van der Waals surface area contributed by atoms with Gasteiger partial charge in [-0.05, 0) is 43.2 Å². The Kier molecular flexibility index (Phi) is 4.95. The quantitative estimate of drug-likeness (QED) is 0.497. The molecule has 2 amide bonds. The number of hydrogen-bond donors (Lipinski definition) is 2. The predicted octanol–water partition coefficient (Wildman–Crippen LogP) is 4.39. The topological polar surface area (TPSA) is 91.0 Å². The highest BCUT2D eigenvalue weighted by molar-refractivity contribution is 7.13. The van der Waals surface area contributed by atoms with Crippen LogP contribution in [0, 0.1) is 5.82 Å². The van der Waals surface area contributed by atoms with E-state index in [0.29, 0.717) is 22.9 Å². The summed E-state index contributed by atoms with van der Waals surface area (Å²) in [6.45, 7) is 0.614. The number of carbonyl (C=O) groups excluding carboxylic acids is 2. The van der Waals surface area contributed by atoms with Gasteiger partial charge in [-0.3, -0.25) is 9.59 Å². The predicted molar refractivity (Wildman–Crippen MR) is 116 cm³/mol. The molecule has 0 bridgehead atoms. The van der Waals surface area contributed by atoms with Crippen LogP contribution in [0.1, 0.15) is 44.2 Å². The van der Waals surface area contributed by atoms with E-state index < -0.39 is 11.7 Å². The second kappa shape index (κ2) is 7.92. The number of nitrogens with one attached hydrogen (secondary N) is 2. The highest BCUT2D eigenvalue weighted by Gasteiger charge is 2.34. The normalized spacial score (nSPS) is 16.0. The third-order valence-corrected chi connectivity index (χ3v) is 6.30. The number of nitrogens with zero attached hydrogens (tertiary/aromatic N) is 3. The maximum absolute atomic E-state index is 13.3. The zero-order valence-corrected chi connectivity index (χ0v) is 17.2. The van der Waals surface area contributed by atoms with Crippen LogP contribution in [0.2, 0.25) is 0 Å². The lowest BCUT2D eigenvalue weighted by molar-refractivity contribution is 0.0730. The maximum Gasteiger partial charge on any atom is 0.286 e. The minimum absolute atomic E-state index is 0.0975. The average molecular weight is 435 g/mol. The molecule has 0 saturated carbocycles. The summed E-state index contributed by atoms with van der Waals surface area (Å²) in [7, 11) is 0. The van der Waals surface area contributed by atoms with Crippen molar-refractivity contribution in [2.45, 2.75) is 18.9 Å². The van der Waals surface area contributed by atoms with Crippen LogP contribution in [-0.2, 0) is 0 Å². The van der Waals surface area contributed by atoms with Gasteiger partial charge in [0.25, 0.3) is 11.8 Å². The molecule has 0 unspecified atom stereocenters. The summed E-state index contributed by atoms with van der Waals surface area (Å²) in [5.41, 5.74) is 1.79. The van der Waals surface area contributed by atoms with Crippen molar-refractivity contribution in [2.24, 2.45) is 0 Å². The molecule has 3 heterocycles. The van der Waals surface area contributed by atoms with Crippen molar-refractivity contribution in [1.82, 2.24) is 20.1 Å². The Morgan fingerprint density at radius 1 is 1.13 bits per heavy atom. The molecule has 31 heavy (non-hydrogen) atoms. The van der Waals surface area contributed by atoms with Gasteiger partial charge >= 0.3 is 0 Å². The second-order valence-corrected chi connectivity index (χ2v) is 8.35. The molecule has 1 saturated heterocycles. The number of aromatic nitrogens is 3. The monoisotopic (exact) mass is 435 g/mol. The first-order valence-corrected chi connectivity index (χ1v) is 10.7. The molecular weight excluding hydrogens is 417 g/mol. The molecule has 2 aromatic heterocycles. The number of fused-ring (bicyclic) bond motifs is 1. The van der Waals surface area contributed by atoms with E-state index in [4.69, 9.17) is 0 Å². The molecule has 9 heteroatoms. The summed E-state index contributed by atoms with van der Waals surface area (Å²) >= 11 is 1.15. The molecular formula is C22H18FN5O2S. The molecule has 2 aromatic carbocycles. The largest absolute Gasteiger partial charge is 0.351 e. The van der Waals surface area contributed by atoms with E-state index in [1.165, 1.54) is 18.2 Å². The summed E-state index contributed by atoms with van der Waals surface area (Å²) in [5, 5.41) is 12.6. The number of halogens is 1. The summed E-state index contributed by atoms with van der Waals surface area (Å²) < 4.78 is 13.3. The zero-order chi connectivity index (χ0) is 21.4. The average Bonchev–Trinajstić information content (AvgIpc) is 3.51. The fourth-order valence-corrected chi connectivity index (χ4v) is 4.71. The van der Waals surface area contributed by atoms with Crippen LogP contribution in [0.3, 0.4) is 0 Å². The van der Waals surface area contributed by atoms with Crippen LogP contribution in [-0.4, -0.2) is 38.4 Å². The molecule has 1 aliphatic heterocycles. The van der Waals surface area contributed by atoms with Crippen molar-refractivity contribution >= 4 is 39.7 Å². The Morgan fingerprint density at radius 2 is 2.00 bits per heavy atom. The molecule has 1 aliphatic rings. The van der Waals surface area contributed by atoms with Crippen molar-refractivity contribution in [1.29, 1.82) is 0 Å². The van der Waals surface area contributed by atoms with Crippen molar-refractivity contribution in [3.63, 3.8) is 0 Å². The van der Waals surface area contributed by atoms with Crippen LogP contribution in [0.25, 0.3) is 10.9 Å². The standard InChI is InChI=1S/C22H18FN5O2S/c23-14-6-3-7-15(12-14)24-19(29)21-27-26-20(31-21)18-9-4-10-28(18)22(30)17-11-13-5-1-2-8-16(13)25-17/h1-3,5-8,11-12,18,25H,4,9-10H2,(H,24,29)/t18-/m1/s1. The molecule has 0 radical (unpaired) electrons. The first kappa shape index (κ1) is 19.4. The van der Waals surface area contributed by atoms with Crippen LogP contribution >= 0.6 is 11.3 Å². The lowest BCUT2D eigenvalue weighted by Crippen LogP contribution is -2.30. The zero-order valence-electron chi connectivity index (χ0n) is 16.3. The maximum atomic E-state index is 13.3. The van der Waals surface area contributed by atoms with Gasteiger partial charge in [-0.2, -0.15) is 0 Å². The van der Waals surface area contributed by atoms with Gasteiger partial charge in [0.2, 0.25) is 5.01 Å². The second-order valence-electron chi connectivity index (χ2n) is 7.34. The SMILES string of the molecule is O=C(Nc1cccc(F)c1)c1nnc([C@H]2CCCN2C(=O)c2cc3ccccc3[nH]2)s1. The van der Waals surface area contributed by atoms with Gasteiger partial charge in [-0.1, -0.05) is 35.6 Å². The van der Waals surface area contributed by atoms with Crippen LogP contribution in [0.4, 0.5) is 10.1 Å². The first-order valence-electron chi connectivity index (χ1n) is 9.87. The van der Waals surface area contributed by atoms with Crippen LogP contribution in [0.15, 0.2) is 54.6 Å². The van der Waals surface area contributed by atoms with E-state index in [1.54, 1.807) is 11.0 Å². The highest BCUT2D eigenvalue weighted by atomic mass is 32.1. The Bertz CT molecular complexity index is 1250. The van der Waals surface area contributed by atoms with Gasteiger partial charge in [-0.25, -0.2) is 4.39 Å². The minimum atomic E-state index is -0.458. The van der Waals surface area contributed by atoms with Gasteiger partial charge in [0.15, 0.2) is 0 Å². The summed E-state index contributed by atoms with van der Waals surface area (Å²) in [6.07, 6.45) is 1.60. The summed E-state index contributed by atoms with van der Waals surface area (Å²) in [5.74, 6) is -0.992. The molecule has 1 fully saturated rings. The fraction of sp³-hybridized carbons (Fsp3) is 0.182. The number of anilines is 1. The molecule has 1 atom stereocenters. The van der Waals surface area contributed by atoms with Gasteiger partial charge in [-0.15, -0.1) is 10.2 Å². The first-order chi connectivity index (χ1) is 15.1. The summed E-state index contributed by atoms with van der Waals surface area (Å²) in [4.78, 5) is 30.6. The fourth-order valence-electron chi connectivity index (χ4n) is 3.82. The Balaban J connectivity index is 1.34. The van der Waals surface area contributed by atoms with E-state index in [1.807, 2.05) is 30.3 Å². The molecule has 7 nitrogen and oxygen atoms in total. The van der Waals surface area contributed by atoms with Crippen molar-refractivity contribution in [3.8, 4) is 0 Å². The van der Waals surface area contributed by atoms with Gasteiger partial charge < -0.3 is 15.2 Å². The number of carbonyl (C=O) groups is 2. The number of likely N-dealkylation sites (tertiary alicyclic amines) is 1. The minimum Gasteiger partial charge on any atom is -0.351 e. The van der Waals surface area contributed by atoms with E-state index in [0.717, 1.165) is 35.1 Å². The van der Waals surface area contributed by atoms with Crippen molar-refractivity contribution in [2.75, 3.05) is 11.9 Å².